The highest BCUT2D eigenvalue weighted by Gasteiger charge is 2.18. The van der Waals surface area contributed by atoms with Crippen LogP contribution in [0.4, 0.5) is 0 Å². The molecule has 4 rings (SSSR count). The first-order chi connectivity index (χ1) is 13.7. The largest absolute Gasteiger partial charge is 0.493 e. The Morgan fingerprint density at radius 1 is 1.21 bits per heavy atom. The molecule has 0 aliphatic rings. The van der Waals surface area contributed by atoms with Gasteiger partial charge >= 0.3 is 5.76 Å². The molecule has 28 heavy (non-hydrogen) atoms. The van der Waals surface area contributed by atoms with Crippen LogP contribution in [0.15, 0.2) is 51.5 Å². The number of hydrogen-bond donors (Lipinski definition) is 0. The van der Waals surface area contributed by atoms with Gasteiger partial charge in [0.15, 0.2) is 11.5 Å². The van der Waals surface area contributed by atoms with E-state index in [0.717, 1.165) is 10.6 Å². The molecule has 9 nitrogen and oxygen atoms in total. The Labute approximate surface area is 163 Å². The maximum atomic E-state index is 12.1. The third kappa shape index (κ3) is 3.25. The topological polar surface area (TPSA) is 105 Å². The van der Waals surface area contributed by atoms with Gasteiger partial charge in [0.25, 0.3) is 0 Å². The van der Waals surface area contributed by atoms with Crippen molar-refractivity contribution in [2.24, 2.45) is 0 Å². The molecular formula is C18H15N5O4S. The van der Waals surface area contributed by atoms with Crippen molar-refractivity contribution in [3.63, 3.8) is 0 Å². The zero-order valence-corrected chi connectivity index (χ0v) is 15.8. The van der Waals surface area contributed by atoms with Gasteiger partial charge in [-0.15, -0.1) is 11.3 Å². The number of nitrogens with zero attached hydrogens (tertiary/aromatic N) is 5. The minimum atomic E-state index is -0.589. The second-order valence-electron chi connectivity index (χ2n) is 5.63. The monoisotopic (exact) mass is 397 g/mol. The summed E-state index contributed by atoms with van der Waals surface area (Å²) in [4.78, 5) is 24.9. The van der Waals surface area contributed by atoms with Gasteiger partial charge in [-0.3, -0.25) is 9.51 Å². The van der Waals surface area contributed by atoms with E-state index in [1.807, 2.05) is 23.6 Å². The van der Waals surface area contributed by atoms with E-state index >= 15 is 0 Å². The van der Waals surface area contributed by atoms with Crippen LogP contribution in [0.5, 0.6) is 11.5 Å². The molecule has 3 heterocycles. The SMILES string of the molecule is COc1cccc(-c2nc(Cn3c(-c4cnccn4)noc3=O)cs2)c1OC. The predicted octanol–water partition coefficient (Wildman–Crippen LogP) is 2.48. The van der Waals surface area contributed by atoms with Gasteiger partial charge in [0.05, 0.1) is 38.2 Å². The molecule has 0 unspecified atom stereocenters. The molecule has 10 heteroatoms. The predicted molar refractivity (Wildman–Crippen MR) is 102 cm³/mol. The normalized spacial score (nSPS) is 10.8. The Morgan fingerprint density at radius 3 is 2.86 bits per heavy atom. The van der Waals surface area contributed by atoms with E-state index in [4.69, 9.17) is 14.0 Å². The highest BCUT2D eigenvalue weighted by atomic mass is 32.1. The molecule has 0 saturated carbocycles. The summed E-state index contributed by atoms with van der Waals surface area (Å²) < 4.78 is 17.0. The Kier molecular flexibility index (Phi) is 4.85. The van der Waals surface area contributed by atoms with Crippen molar-refractivity contribution in [1.29, 1.82) is 0 Å². The molecule has 0 radical (unpaired) electrons. The van der Waals surface area contributed by atoms with Gasteiger partial charge in [-0.05, 0) is 12.1 Å². The third-order valence-electron chi connectivity index (χ3n) is 3.98. The summed E-state index contributed by atoms with van der Waals surface area (Å²) in [6.45, 7) is 0.191. The van der Waals surface area contributed by atoms with E-state index in [0.29, 0.717) is 28.7 Å². The lowest BCUT2D eigenvalue weighted by Gasteiger charge is -2.10. The molecule has 3 aromatic heterocycles. The second kappa shape index (κ2) is 7.61. The number of hydrogen-bond acceptors (Lipinski definition) is 9. The molecule has 0 aliphatic carbocycles. The number of methoxy groups -OCH3 is 2. The zero-order chi connectivity index (χ0) is 19.5. The number of rotatable bonds is 6. The molecule has 0 aliphatic heterocycles. The zero-order valence-electron chi connectivity index (χ0n) is 15.0. The standard InChI is InChI=1S/C18H15N5O4S/c1-25-14-5-3-4-12(15(14)26-2)17-21-11(10-28-17)9-23-16(22-27-18(23)24)13-8-19-6-7-20-13/h3-8,10H,9H2,1-2H3. The van der Waals surface area contributed by atoms with Crippen LogP contribution in [-0.4, -0.2) is 38.9 Å². The first-order valence-corrected chi connectivity index (χ1v) is 9.08. The summed E-state index contributed by atoms with van der Waals surface area (Å²) in [5, 5.41) is 6.42. The van der Waals surface area contributed by atoms with Crippen LogP contribution < -0.4 is 15.2 Å². The molecule has 4 aromatic rings. The van der Waals surface area contributed by atoms with Crippen LogP contribution in [-0.2, 0) is 6.54 Å². The Hall–Kier alpha value is -3.53. The lowest BCUT2D eigenvalue weighted by molar-refractivity contribution is 0.356. The van der Waals surface area contributed by atoms with Crippen LogP contribution in [0.25, 0.3) is 22.1 Å². The van der Waals surface area contributed by atoms with Crippen LogP contribution in [0, 0.1) is 0 Å². The van der Waals surface area contributed by atoms with Crippen molar-refractivity contribution in [2.75, 3.05) is 14.2 Å². The van der Waals surface area contributed by atoms with Crippen molar-refractivity contribution in [3.05, 3.63) is 58.4 Å². The van der Waals surface area contributed by atoms with E-state index in [2.05, 4.69) is 20.1 Å². The van der Waals surface area contributed by atoms with Crippen molar-refractivity contribution in [2.45, 2.75) is 6.54 Å². The fourth-order valence-corrected chi connectivity index (χ4v) is 3.56. The number of para-hydroxylation sites is 1. The summed E-state index contributed by atoms with van der Waals surface area (Å²) in [5.41, 5.74) is 1.93. The Balaban J connectivity index is 1.68. The molecule has 1 aromatic carbocycles. The average Bonchev–Trinajstić information content (AvgIpc) is 3.35. The van der Waals surface area contributed by atoms with Gasteiger partial charge in [0.2, 0.25) is 5.82 Å². The van der Waals surface area contributed by atoms with Gasteiger partial charge in [0.1, 0.15) is 10.7 Å². The number of aromatic nitrogens is 5. The highest BCUT2D eigenvalue weighted by molar-refractivity contribution is 7.13. The third-order valence-corrected chi connectivity index (χ3v) is 4.91. The van der Waals surface area contributed by atoms with Crippen LogP contribution in [0.1, 0.15) is 5.69 Å². The van der Waals surface area contributed by atoms with Gasteiger partial charge in [-0.2, -0.15) is 0 Å². The molecular weight excluding hydrogens is 382 g/mol. The second-order valence-corrected chi connectivity index (χ2v) is 6.49. The minimum Gasteiger partial charge on any atom is -0.493 e. The summed E-state index contributed by atoms with van der Waals surface area (Å²) >= 11 is 1.44. The van der Waals surface area contributed by atoms with Gasteiger partial charge < -0.3 is 9.47 Å². The van der Waals surface area contributed by atoms with E-state index in [-0.39, 0.29) is 6.54 Å². The minimum absolute atomic E-state index is 0.191. The molecule has 0 saturated heterocycles. The average molecular weight is 397 g/mol. The number of thiazole rings is 1. The molecule has 0 bridgehead atoms. The molecule has 0 N–H and O–H groups in total. The maximum absolute atomic E-state index is 12.1. The first-order valence-electron chi connectivity index (χ1n) is 8.20. The molecule has 0 fully saturated rings. The number of ether oxygens (including phenoxy) is 2. The first kappa shape index (κ1) is 17.9. The highest BCUT2D eigenvalue weighted by Crippen LogP contribution is 2.39. The van der Waals surface area contributed by atoms with Crippen molar-refractivity contribution in [3.8, 4) is 33.6 Å². The Bertz CT molecular complexity index is 1150. The van der Waals surface area contributed by atoms with Crippen LogP contribution in [0.2, 0.25) is 0 Å². The van der Waals surface area contributed by atoms with E-state index in [9.17, 15) is 4.79 Å². The quantitative estimate of drug-likeness (QED) is 0.489. The van der Waals surface area contributed by atoms with E-state index in [1.54, 1.807) is 20.4 Å². The molecule has 0 amide bonds. The molecule has 0 spiro atoms. The van der Waals surface area contributed by atoms with Crippen LogP contribution in [0.3, 0.4) is 0 Å². The fourth-order valence-electron chi connectivity index (χ4n) is 2.73. The summed E-state index contributed by atoms with van der Waals surface area (Å²) in [6.07, 6.45) is 4.58. The summed E-state index contributed by atoms with van der Waals surface area (Å²) in [7, 11) is 3.17. The van der Waals surface area contributed by atoms with E-state index in [1.165, 1.54) is 28.3 Å². The van der Waals surface area contributed by atoms with E-state index < -0.39 is 5.76 Å². The van der Waals surface area contributed by atoms with Gasteiger partial charge in [-0.1, -0.05) is 11.2 Å². The van der Waals surface area contributed by atoms with Crippen LogP contribution >= 0.6 is 11.3 Å². The van der Waals surface area contributed by atoms with Crippen molar-refractivity contribution >= 4 is 11.3 Å². The maximum Gasteiger partial charge on any atom is 0.442 e. The van der Waals surface area contributed by atoms with Gasteiger partial charge in [-0.25, -0.2) is 19.3 Å². The van der Waals surface area contributed by atoms with Gasteiger partial charge in [0, 0.05) is 17.8 Å². The Morgan fingerprint density at radius 2 is 2.11 bits per heavy atom. The fraction of sp³-hybridized carbons (Fsp3) is 0.167. The summed E-state index contributed by atoms with van der Waals surface area (Å²) in [6, 6.07) is 5.59. The lowest BCUT2D eigenvalue weighted by Crippen LogP contribution is -2.16. The molecule has 0 atom stereocenters. The van der Waals surface area contributed by atoms with Crippen molar-refractivity contribution in [1.82, 2.24) is 24.7 Å². The van der Waals surface area contributed by atoms with Crippen molar-refractivity contribution < 1.29 is 14.0 Å². The lowest BCUT2D eigenvalue weighted by atomic mass is 10.2. The molecule has 142 valence electrons. The number of benzene rings is 1. The smallest absolute Gasteiger partial charge is 0.442 e. The summed E-state index contributed by atoms with van der Waals surface area (Å²) in [5.74, 6) is 0.936.